The highest BCUT2D eigenvalue weighted by Crippen LogP contribution is 2.37. The van der Waals surface area contributed by atoms with Crippen molar-refractivity contribution in [3.05, 3.63) is 54.6 Å². The van der Waals surface area contributed by atoms with Gasteiger partial charge in [0.05, 0.1) is 18.9 Å². The molecule has 4 aromatic rings. The Morgan fingerprint density at radius 2 is 1.94 bits per heavy atom. The van der Waals surface area contributed by atoms with Crippen LogP contribution in [-0.2, 0) is 6.18 Å². The predicted molar refractivity (Wildman–Crippen MR) is 113 cm³/mol. The summed E-state index contributed by atoms with van der Waals surface area (Å²) in [7, 11) is 1.21. The van der Waals surface area contributed by atoms with Crippen LogP contribution in [-0.4, -0.2) is 44.3 Å². The second-order valence-electron chi connectivity index (χ2n) is 7.47. The maximum atomic E-state index is 13.4. The Kier molecular flexibility index (Phi) is 4.87. The Labute approximate surface area is 181 Å². The minimum absolute atomic E-state index is 0.231. The average molecular weight is 443 g/mol. The van der Waals surface area contributed by atoms with Crippen LogP contribution in [0.4, 0.5) is 30.8 Å². The molecule has 1 fully saturated rings. The molecule has 0 bridgehead atoms. The van der Waals surface area contributed by atoms with E-state index in [1.54, 1.807) is 16.8 Å². The first-order valence-electron chi connectivity index (χ1n) is 10.1. The number of anilines is 3. The molecule has 1 aliphatic rings. The predicted octanol–water partition coefficient (Wildman–Crippen LogP) is 4.29. The fourth-order valence-corrected chi connectivity index (χ4v) is 3.79. The Hall–Kier alpha value is -3.76. The number of hydrogen-bond acceptors (Lipinski definition) is 6. The van der Waals surface area contributed by atoms with Gasteiger partial charge in [0.1, 0.15) is 23.4 Å². The summed E-state index contributed by atoms with van der Waals surface area (Å²) in [6.07, 6.45) is 2.57. The van der Waals surface area contributed by atoms with Crippen molar-refractivity contribution in [1.29, 1.82) is 0 Å². The van der Waals surface area contributed by atoms with Gasteiger partial charge in [0.2, 0.25) is 5.95 Å². The van der Waals surface area contributed by atoms with Crippen LogP contribution in [0.25, 0.3) is 11.2 Å². The summed E-state index contributed by atoms with van der Waals surface area (Å²) in [6, 6.07) is 7.62. The van der Waals surface area contributed by atoms with Crippen molar-refractivity contribution in [2.45, 2.75) is 19.0 Å². The third-order valence-corrected chi connectivity index (χ3v) is 5.38. The summed E-state index contributed by atoms with van der Waals surface area (Å²) in [5.74, 6) is 1.41. The van der Waals surface area contributed by atoms with Gasteiger partial charge >= 0.3 is 6.18 Å². The second-order valence-corrected chi connectivity index (χ2v) is 7.47. The highest BCUT2D eigenvalue weighted by Gasteiger charge is 2.34. The number of nitrogens with one attached hydrogen (secondary N) is 1. The van der Waals surface area contributed by atoms with E-state index in [4.69, 9.17) is 4.74 Å². The zero-order valence-corrected chi connectivity index (χ0v) is 17.2. The van der Waals surface area contributed by atoms with E-state index in [1.165, 1.54) is 24.1 Å². The molecular formula is C21H20F3N7O. The maximum absolute atomic E-state index is 13.4. The van der Waals surface area contributed by atoms with Crippen molar-refractivity contribution >= 4 is 23.1 Å². The van der Waals surface area contributed by atoms with Gasteiger partial charge in [-0.25, -0.2) is 9.50 Å². The number of halogens is 3. The van der Waals surface area contributed by atoms with Crippen LogP contribution in [0.3, 0.4) is 0 Å². The molecule has 166 valence electrons. The molecule has 8 nitrogen and oxygen atoms in total. The van der Waals surface area contributed by atoms with Crippen LogP contribution in [0.15, 0.2) is 49.1 Å². The standard InChI is InChI=1S/C21H20F3N7O/c1-32-17-7-6-14(11-15(17)21(22,23)24)30-12-18(25-13-30)26-19-16-5-4-10-31(16)28-20(27-19)29-8-2-3-9-29/h4-7,10-13H,2-3,8-9H2,1H3,(H,26,27,28). The average Bonchev–Trinajstić information content (AvgIpc) is 3.53. The molecule has 1 aromatic carbocycles. The fourth-order valence-electron chi connectivity index (χ4n) is 3.79. The first-order valence-corrected chi connectivity index (χ1v) is 10.1. The molecule has 0 atom stereocenters. The number of hydrogen-bond donors (Lipinski definition) is 1. The molecule has 0 spiro atoms. The van der Waals surface area contributed by atoms with Gasteiger partial charge in [-0.2, -0.15) is 18.2 Å². The monoisotopic (exact) mass is 443 g/mol. The van der Waals surface area contributed by atoms with Crippen molar-refractivity contribution in [3.8, 4) is 11.4 Å². The molecule has 4 heterocycles. The molecule has 0 aliphatic carbocycles. The number of ether oxygens (including phenoxy) is 1. The highest BCUT2D eigenvalue weighted by atomic mass is 19.4. The number of fused-ring (bicyclic) bond motifs is 1. The molecule has 0 radical (unpaired) electrons. The van der Waals surface area contributed by atoms with Gasteiger partial charge in [-0.3, -0.25) is 0 Å². The molecule has 3 aromatic heterocycles. The molecule has 0 saturated carbocycles. The lowest BCUT2D eigenvalue weighted by molar-refractivity contribution is -0.138. The third kappa shape index (κ3) is 3.70. The summed E-state index contributed by atoms with van der Waals surface area (Å²) in [5, 5.41) is 7.75. The van der Waals surface area contributed by atoms with E-state index in [2.05, 4.69) is 25.3 Å². The molecule has 0 unspecified atom stereocenters. The number of methoxy groups -OCH3 is 1. The van der Waals surface area contributed by atoms with Crippen LogP contribution in [0.2, 0.25) is 0 Å². The Balaban J connectivity index is 1.46. The van der Waals surface area contributed by atoms with Crippen LogP contribution >= 0.6 is 0 Å². The Bertz CT molecular complexity index is 1260. The highest BCUT2D eigenvalue weighted by molar-refractivity contribution is 5.73. The van der Waals surface area contributed by atoms with Gasteiger partial charge in [0.15, 0.2) is 5.82 Å². The van der Waals surface area contributed by atoms with E-state index in [1.807, 2.05) is 18.3 Å². The lowest BCUT2D eigenvalue weighted by Crippen LogP contribution is -2.22. The van der Waals surface area contributed by atoms with Crippen molar-refractivity contribution < 1.29 is 17.9 Å². The smallest absolute Gasteiger partial charge is 0.420 e. The van der Waals surface area contributed by atoms with E-state index >= 15 is 0 Å². The van der Waals surface area contributed by atoms with Gasteiger partial charge in [-0.15, -0.1) is 5.10 Å². The zero-order valence-electron chi connectivity index (χ0n) is 17.2. The number of imidazole rings is 1. The van der Waals surface area contributed by atoms with Gasteiger partial charge in [0, 0.05) is 25.0 Å². The van der Waals surface area contributed by atoms with E-state index < -0.39 is 11.7 Å². The summed E-state index contributed by atoms with van der Waals surface area (Å²) < 4.78 is 48.2. The van der Waals surface area contributed by atoms with E-state index in [0.29, 0.717) is 23.3 Å². The largest absolute Gasteiger partial charge is 0.496 e. The summed E-state index contributed by atoms with van der Waals surface area (Å²) in [5.41, 5.74) is 0.236. The minimum atomic E-state index is -4.53. The lowest BCUT2D eigenvalue weighted by Gasteiger charge is -2.16. The van der Waals surface area contributed by atoms with Gasteiger partial charge in [-0.1, -0.05) is 0 Å². The molecule has 1 aliphatic heterocycles. The maximum Gasteiger partial charge on any atom is 0.420 e. The van der Waals surface area contributed by atoms with Crippen LogP contribution in [0, 0.1) is 0 Å². The quantitative estimate of drug-likeness (QED) is 0.496. The van der Waals surface area contributed by atoms with Crippen LogP contribution < -0.4 is 15.0 Å². The molecule has 1 saturated heterocycles. The van der Waals surface area contributed by atoms with Crippen molar-refractivity contribution in [3.63, 3.8) is 0 Å². The summed E-state index contributed by atoms with van der Waals surface area (Å²) >= 11 is 0. The molecule has 32 heavy (non-hydrogen) atoms. The first kappa shape index (κ1) is 20.2. The van der Waals surface area contributed by atoms with Gasteiger partial charge in [0.25, 0.3) is 0 Å². The Morgan fingerprint density at radius 1 is 1.12 bits per heavy atom. The number of alkyl halides is 3. The minimum Gasteiger partial charge on any atom is -0.496 e. The number of rotatable bonds is 5. The fraction of sp³-hybridized carbons (Fsp3) is 0.286. The van der Waals surface area contributed by atoms with E-state index in [-0.39, 0.29) is 5.75 Å². The number of aromatic nitrogens is 5. The number of benzene rings is 1. The second kappa shape index (κ2) is 7.74. The Morgan fingerprint density at radius 3 is 2.69 bits per heavy atom. The molecule has 0 amide bonds. The van der Waals surface area contributed by atoms with Crippen molar-refractivity contribution in [1.82, 2.24) is 24.1 Å². The van der Waals surface area contributed by atoms with Crippen molar-refractivity contribution in [2.24, 2.45) is 0 Å². The summed E-state index contributed by atoms with van der Waals surface area (Å²) in [6.45, 7) is 1.81. The molecule has 5 rings (SSSR count). The van der Waals surface area contributed by atoms with Crippen LogP contribution in [0.5, 0.6) is 5.75 Å². The normalized spacial score (nSPS) is 14.3. The first-order chi connectivity index (χ1) is 15.4. The molecule has 1 N–H and O–H groups in total. The van der Waals surface area contributed by atoms with Gasteiger partial charge in [-0.05, 0) is 43.2 Å². The summed E-state index contributed by atoms with van der Waals surface area (Å²) in [4.78, 5) is 11.1. The lowest BCUT2D eigenvalue weighted by atomic mass is 10.1. The van der Waals surface area contributed by atoms with Crippen molar-refractivity contribution in [2.75, 3.05) is 30.4 Å². The third-order valence-electron chi connectivity index (χ3n) is 5.38. The van der Waals surface area contributed by atoms with E-state index in [0.717, 1.165) is 37.5 Å². The molecule has 11 heteroatoms. The zero-order chi connectivity index (χ0) is 22.3. The van der Waals surface area contributed by atoms with Gasteiger partial charge < -0.3 is 19.5 Å². The van der Waals surface area contributed by atoms with Crippen LogP contribution in [0.1, 0.15) is 18.4 Å². The molecular weight excluding hydrogens is 423 g/mol. The SMILES string of the molecule is COc1ccc(-n2cnc(Nc3nc(N4CCCC4)nn4cccc34)c2)cc1C(F)(F)F. The topological polar surface area (TPSA) is 72.5 Å². The number of nitrogens with zero attached hydrogens (tertiary/aromatic N) is 6. The van der Waals surface area contributed by atoms with E-state index in [9.17, 15) is 13.2 Å².